The minimum atomic E-state index is -4.42. The van der Waals surface area contributed by atoms with Gasteiger partial charge in [-0.2, -0.15) is 13.2 Å². The van der Waals surface area contributed by atoms with E-state index in [1.165, 1.54) is 23.1 Å². The summed E-state index contributed by atoms with van der Waals surface area (Å²) in [5.41, 5.74) is -0.150. The Morgan fingerprint density at radius 3 is 2.53 bits per heavy atom. The second-order valence-electron chi connectivity index (χ2n) is 7.18. The first-order chi connectivity index (χ1) is 15.2. The molecule has 0 saturated carbocycles. The molecule has 2 heterocycles. The van der Waals surface area contributed by atoms with Crippen molar-refractivity contribution < 1.29 is 37.0 Å². The van der Waals surface area contributed by atoms with E-state index in [0.717, 1.165) is 12.1 Å². The average molecular weight is 471 g/mol. The van der Waals surface area contributed by atoms with E-state index >= 15 is 0 Å². The van der Waals surface area contributed by atoms with Gasteiger partial charge in [-0.25, -0.2) is 4.79 Å². The predicted octanol–water partition coefficient (Wildman–Crippen LogP) is 3.59. The highest BCUT2D eigenvalue weighted by atomic mass is 35.5. The molecule has 32 heavy (non-hydrogen) atoms. The standard InChI is InChI=1S/C21H18ClF3N2O5/c22-16-8-13(9-17-19(16)32-12-31-17)20(29)30-11-18(28)27-6-4-26(5-7-27)15-3-1-2-14(10-15)21(23,24)25/h1-3,8-10H,4-7,11-12H2. The van der Waals surface area contributed by atoms with Crippen LogP contribution >= 0.6 is 11.6 Å². The van der Waals surface area contributed by atoms with Gasteiger partial charge in [0.15, 0.2) is 18.1 Å². The zero-order valence-electron chi connectivity index (χ0n) is 16.7. The summed E-state index contributed by atoms with van der Waals surface area (Å²) in [4.78, 5) is 28.0. The van der Waals surface area contributed by atoms with Crippen LogP contribution in [0.3, 0.4) is 0 Å². The van der Waals surface area contributed by atoms with Gasteiger partial charge in [0.1, 0.15) is 0 Å². The van der Waals surface area contributed by atoms with Crippen LogP contribution in [0.25, 0.3) is 0 Å². The number of amides is 1. The third-order valence-electron chi connectivity index (χ3n) is 5.16. The Morgan fingerprint density at radius 1 is 1.06 bits per heavy atom. The van der Waals surface area contributed by atoms with Crippen LogP contribution in [0.5, 0.6) is 11.5 Å². The fourth-order valence-electron chi connectivity index (χ4n) is 3.48. The smallest absolute Gasteiger partial charge is 0.416 e. The fraction of sp³-hybridized carbons (Fsp3) is 0.333. The van der Waals surface area contributed by atoms with Crippen LogP contribution in [0, 0.1) is 0 Å². The number of hydrogen-bond acceptors (Lipinski definition) is 6. The lowest BCUT2D eigenvalue weighted by atomic mass is 10.1. The number of ether oxygens (including phenoxy) is 3. The minimum absolute atomic E-state index is 0.00147. The molecule has 2 aliphatic heterocycles. The summed E-state index contributed by atoms with van der Waals surface area (Å²) >= 11 is 6.05. The van der Waals surface area contributed by atoms with Crippen molar-refractivity contribution in [1.82, 2.24) is 4.90 Å². The number of carbonyl (C=O) groups is 2. The summed E-state index contributed by atoms with van der Waals surface area (Å²) < 4.78 is 54.3. The SMILES string of the molecule is O=C(OCC(=O)N1CCN(c2cccc(C(F)(F)F)c2)CC1)c1cc(Cl)c2c(c1)OCO2. The molecule has 7 nitrogen and oxygen atoms in total. The molecule has 0 spiro atoms. The van der Waals surface area contributed by atoms with Crippen molar-refractivity contribution in [2.45, 2.75) is 6.18 Å². The van der Waals surface area contributed by atoms with Crippen LogP contribution in [0.15, 0.2) is 36.4 Å². The van der Waals surface area contributed by atoms with Crippen LogP contribution < -0.4 is 14.4 Å². The van der Waals surface area contributed by atoms with Crippen molar-refractivity contribution in [3.63, 3.8) is 0 Å². The number of halogens is 4. The molecule has 0 aromatic heterocycles. The van der Waals surface area contributed by atoms with E-state index in [4.69, 9.17) is 25.8 Å². The van der Waals surface area contributed by atoms with Gasteiger partial charge in [-0.3, -0.25) is 4.79 Å². The summed E-state index contributed by atoms with van der Waals surface area (Å²) in [5.74, 6) is -0.463. The van der Waals surface area contributed by atoms with E-state index in [2.05, 4.69) is 0 Å². The van der Waals surface area contributed by atoms with Crippen molar-refractivity contribution >= 4 is 29.2 Å². The van der Waals surface area contributed by atoms with E-state index in [0.29, 0.717) is 43.4 Å². The first-order valence-corrected chi connectivity index (χ1v) is 10.1. The zero-order chi connectivity index (χ0) is 22.9. The maximum absolute atomic E-state index is 12.9. The van der Waals surface area contributed by atoms with Gasteiger partial charge in [0.2, 0.25) is 6.79 Å². The van der Waals surface area contributed by atoms with Gasteiger partial charge in [-0.1, -0.05) is 17.7 Å². The zero-order valence-corrected chi connectivity index (χ0v) is 17.4. The minimum Gasteiger partial charge on any atom is -0.454 e. The second kappa shape index (κ2) is 8.78. The molecule has 2 aliphatic rings. The van der Waals surface area contributed by atoms with Crippen LogP contribution in [0.2, 0.25) is 5.02 Å². The highest BCUT2D eigenvalue weighted by molar-refractivity contribution is 6.32. The number of rotatable bonds is 4. The molecule has 1 amide bonds. The van der Waals surface area contributed by atoms with Gasteiger partial charge >= 0.3 is 12.1 Å². The Morgan fingerprint density at radius 2 is 1.81 bits per heavy atom. The number of esters is 1. The molecular weight excluding hydrogens is 453 g/mol. The molecule has 2 aromatic carbocycles. The summed E-state index contributed by atoms with van der Waals surface area (Å²) in [7, 11) is 0. The van der Waals surface area contributed by atoms with Gasteiger partial charge in [-0.15, -0.1) is 0 Å². The van der Waals surface area contributed by atoms with Crippen molar-refractivity contribution in [2.75, 3.05) is 44.5 Å². The number of carbonyl (C=O) groups excluding carboxylic acids is 2. The summed E-state index contributed by atoms with van der Waals surface area (Å²) in [6.45, 7) is 0.843. The topological polar surface area (TPSA) is 68.3 Å². The molecule has 1 fully saturated rings. The maximum atomic E-state index is 12.9. The number of hydrogen-bond donors (Lipinski definition) is 0. The van der Waals surface area contributed by atoms with Crippen molar-refractivity contribution in [3.05, 3.63) is 52.5 Å². The predicted molar refractivity (Wildman–Crippen MR) is 108 cm³/mol. The largest absolute Gasteiger partial charge is 0.454 e. The molecule has 0 atom stereocenters. The van der Waals surface area contributed by atoms with Gasteiger partial charge in [0, 0.05) is 31.9 Å². The van der Waals surface area contributed by atoms with Crippen molar-refractivity contribution in [1.29, 1.82) is 0 Å². The third kappa shape index (κ3) is 4.69. The Kier molecular flexibility index (Phi) is 6.05. The van der Waals surface area contributed by atoms with E-state index in [1.54, 1.807) is 11.0 Å². The maximum Gasteiger partial charge on any atom is 0.416 e. The fourth-order valence-corrected chi connectivity index (χ4v) is 3.75. The number of nitrogens with zero attached hydrogens (tertiary/aromatic N) is 2. The molecule has 0 bridgehead atoms. The molecule has 170 valence electrons. The van der Waals surface area contributed by atoms with Crippen LogP contribution in [-0.4, -0.2) is 56.4 Å². The van der Waals surface area contributed by atoms with Crippen molar-refractivity contribution in [3.8, 4) is 11.5 Å². The third-order valence-corrected chi connectivity index (χ3v) is 5.44. The summed E-state index contributed by atoms with van der Waals surface area (Å²) in [6, 6.07) is 7.87. The Bertz CT molecular complexity index is 1040. The van der Waals surface area contributed by atoms with Crippen LogP contribution in [0.4, 0.5) is 18.9 Å². The molecule has 11 heteroatoms. The molecule has 4 rings (SSSR count). The first-order valence-electron chi connectivity index (χ1n) is 9.68. The molecule has 0 N–H and O–H groups in total. The first kappa shape index (κ1) is 22.1. The van der Waals surface area contributed by atoms with Gasteiger partial charge < -0.3 is 24.0 Å². The normalized spacial score (nSPS) is 15.6. The molecular formula is C21H18ClF3N2O5. The number of benzene rings is 2. The molecule has 0 aliphatic carbocycles. The van der Waals surface area contributed by atoms with E-state index in [-0.39, 0.29) is 17.4 Å². The highest BCUT2D eigenvalue weighted by Gasteiger charge is 2.31. The number of fused-ring (bicyclic) bond motifs is 1. The van der Waals surface area contributed by atoms with Gasteiger partial charge in [-0.05, 0) is 30.3 Å². The second-order valence-corrected chi connectivity index (χ2v) is 7.59. The van der Waals surface area contributed by atoms with Gasteiger partial charge in [0.25, 0.3) is 5.91 Å². The molecule has 1 saturated heterocycles. The van der Waals surface area contributed by atoms with Gasteiger partial charge in [0.05, 0.1) is 16.1 Å². The average Bonchev–Trinajstić information content (AvgIpc) is 3.26. The Balaban J connectivity index is 1.30. The van der Waals surface area contributed by atoms with E-state index in [1.807, 2.05) is 0 Å². The quantitative estimate of drug-likeness (QED) is 0.636. The lowest BCUT2D eigenvalue weighted by Crippen LogP contribution is -2.50. The molecule has 0 radical (unpaired) electrons. The molecule has 0 unspecified atom stereocenters. The number of piperazine rings is 1. The summed E-state index contributed by atoms with van der Waals surface area (Å²) in [6.07, 6.45) is -4.42. The Labute approximate surface area is 186 Å². The summed E-state index contributed by atoms with van der Waals surface area (Å²) in [5, 5.41) is 0.198. The monoisotopic (exact) mass is 470 g/mol. The van der Waals surface area contributed by atoms with Crippen LogP contribution in [0.1, 0.15) is 15.9 Å². The number of alkyl halides is 3. The van der Waals surface area contributed by atoms with E-state index in [9.17, 15) is 22.8 Å². The lowest BCUT2D eigenvalue weighted by molar-refractivity contribution is -0.137. The Hall–Kier alpha value is -3.14. The van der Waals surface area contributed by atoms with E-state index < -0.39 is 30.2 Å². The number of anilines is 1. The van der Waals surface area contributed by atoms with Crippen LogP contribution in [-0.2, 0) is 15.7 Å². The highest BCUT2D eigenvalue weighted by Crippen LogP contribution is 2.40. The lowest BCUT2D eigenvalue weighted by Gasteiger charge is -2.36. The van der Waals surface area contributed by atoms with Crippen molar-refractivity contribution in [2.24, 2.45) is 0 Å². The molecule has 2 aromatic rings.